The lowest BCUT2D eigenvalue weighted by Gasteiger charge is -2.26. The van der Waals surface area contributed by atoms with Crippen LogP contribution in [0.5, 0.6) is 0 Å². The Morgan fingerprint density at radius 3 is 2.29 bits per heavy atom. The number of benzene rings is 1. The highest BCUT2D eigenvalue weighted by atomic mass is 16.6. The van der Waals surface area contributed by atoms with Crippen LogP contribution in [0.15, 0.2) is 24.3 Å². The van der Waals surface area contributed by atoms with Crippen molar-refractivity contribution in [3.8, 4) is 0 Å². The summed E-state index contributed by atoms with van der Waals surface area (Å²) in [5.74, 6) is -1.17. The SMILES string of the molecule is NC(=O)C(N)CC[C@H](Nc1ccc(COC(=O)N2CCNCC2)cc1)C(N)=O. The number of ether oxygens (including phenoxy) is 1. The highest BCUT2D eigenvalue weighted by molar-refractivity contribution is 5.83. The fourth-order valence-electron chi connectivity index (χ4n) is 2.76. The Balaban J connectivity index is 1.83. The molecule has 1 fully saturated rings. The van der Waals surface area contributed by atoms with Crippen LogP contribution in [0.2, 0.25) is 0 Å². The zero-order valence-corrected chi connectivity index (χ0v) is 15.7. The normalized spacial score (nSPS) is 16.1. The molecule has 2 atom stereocenters. The van der Waals surface area contributed by atoms with Gasteiger partial charge in [-0.3, -0.25) is 9.59 Å². The maximum atomic E-state index is 12.0. The second kappa shape index (κ2) is 10.5. The second-order valence-electron chi connectivity index (χ2n) is 6.67. The van der Waals surface area contributed by atoms with Crippen LogP contribution in [0.3, 0.4) is 0 Å². The molecule has 0 bridgehead atoms. The van der Waals surface area contributed by atoms with Crippen molar-refractivity contribution in [2.75, 3.05) is 31.5 Å². The predicted molar refractivity (Wildman–Crippen MR) is 104 cm³/mol. The van der Waals surface area contributed by atoms with Gasteiger partial charge in [0.25, 0.3) is 0 Å². The van der Waals surface area contributed by atoms with E-state index in [1.807, 2.05) is 0 Å². The molecule has 1 unspecified atom stereocenters. The van der Waals surface area contributed by atoms with Gasteiger partial charge in [-0.05, 0) is 30.5 Å². The molecule has 1 aliphatic rings. The van der Waals surface area contributed by atoms with Crippen LogP contribution >= 0.6 is 0 Å². The lowest BCUT2D eigenvalue weighted by Crippen LogP contribution is -2.46. The molecule has 0 saturated carbocycles. The Kier molecular flexibility index (Phi) is 8.02. The zero-order chi connectivity index (χ0) is 20.5. The van der Waals surface area contributed by atoms with Gasteiger partial charge in [-0.1, -0.05) is 12.1 Å². The molecule has 1 aromatic rings. The van der Waals surface area contributed by atoms with Gasteiger partial charge in [-0.15, -0.1) is 0 Å². The number of carbonyl (C=O) groups excluding carboxylic acids is 3. The van der Waals surface area contributed by atoms with Gasteiger partial charge in [0.15, 0.2) is 0 Å². The lowest BCUT2D eigenvalue weighted by atomic mass is 10.1. The maximum absolute atomic E-state index is 12.0. The molecule has 0 spiro atoms. The number of primary amides is 2. The fourth-order valence-corrected chi connectivity index (χ4v) is 2.76. The Bertz CT molecular complexity index is 675. The summed E-state index contributed by atoms with van der Waals surface area (Å²) in [5.41, 5.74) is 17.6. The van der Waals surface area contributed by atoms with Crippen LogP contribution in [0.4, 0.5) is 10.5 Å². The number of nitrogens with one attached hydrogen (secondary N) is 2. The van der Waals surface area contributed by atoms with Crippen molar-refractivity contribution in [1.82, 2.24) is 10.2 Å². The van der Waals surface area contributed by atoms with Gasteiger partial charge in [0.1, 0.15) is 12.6 Å². The molecule has 10 heteroatoms. The van der Waals surface area contributed by atoms with E-state index in [1.165, 1.54) is 0 Å². The summed E-state index contributed by atoms with van der Waals surface area (Å²) in [4.78, 5) is 36.3. The standard InChI is InChI=1S/C18H28N6O4/c19-14(16(20)25)5-6-15(17(21)26)23-13-3-1-12(2-4-13)11-28-18(27)24-9-7-22-8-10-24/h1-4,14-15,22-23H,5-11,19H2,(H2,20,25)(H2,21,26)/t14?,15-/m0/s1. The second-order valence-corrected chi connectivity index (χ2v) is 6.67. The largest absolute Gasteiger partial charge is 0.445 e. The monoisotopic (exact) mass is 392 g/mol. The number of amides is 3. The molecule has 3 amide bonds. The summed E-state index contributed by atoms with van der Waals surface area (Å²) in [5, 5.41) is 6.19. The van der Waals surface area contributed by atoms with Gasteiger partial charge in [0, 0.05) is 31.9 Å². The van der Waals surface area contributed by atoms with Gasteiger partial charge in [0.05, 0.1) is 6.04 Å². The average molecular weight is 392 g/mol. The van der Waals surface area contributed by atoms with Gasteiger partial charge in [-0.25, -0.2) is 4.79 Å². The van der Waals surface area contributed by atoms with Crippen LogP contribution < -0.4 is 27.8 Å². The minimum atomic E-state index is -0.823. The van der Waals surface area contributed by atoms with Gasteiger partial charge in [0.2, 0.25) is 11.8 Å². The fraction of sp³-hybridized carbons (Fsp3) is 0.500. The topological polar surface area (TPSA) is 166 Å². The number of hydrogen-bond acceptors (Lipinski definition) is 7. The van der Waals surface area contributed by atoms with Crippen molar-refractivity contribution in [3.05, 3.63) is 29.8 Å². The van der Waals surface area contributed by atoms with Gasteiger partial charge < -0.3 is 37.5 Å². The predicted octanol–water partition coefficient (Wildman–Crippen LogP) is -0.913. The summed E-state index contributed by atoms with van der Waals surface area (Å²) >= 11 is 0. The quantitative estimate of drug-likeness (QED) is 0.362. The number of piperazine rings is 1. The first-order valence-corrected chi connectivity index (χ1v) is 9.19. The summed E-state index contributed by atoms with van der Waals surface area (Å²) in [6.45, 7) is 2.96. The Morgan fingerprint density at radius 1 is 1.07 bits per heavy atom. The maximum Gasteiger partial charge on any atom is 0.410 e. The minimum absolute atomic E-state index is 0.162. The van der Waals surface area contributed by atoms with Crippen molar-refractivity contribution in [2.24, 2.45) is 17.2 Å². The highest BCUT2D eigenvalue weighted by Gasteiger charge is 2.19. The van der Waals surface area contributed by atoms with E-state index in [-0.39, 0.29) is 25.5 Å². The van der Waals surface area contributed by atoms with Crippen molar-refractivity contribution in [1.29, 1.82) is 0 Å². The molecule has 1 aliphatic heterocycles. The molecule has 1 aromatic carbocycles. The van der Waals surface area contributed by atoms with Crippen molar-refractivity contribution >= 4 is 23.6 Å². The first-order chi connectivity index (χ1) is 13.4. The Hall–Kier alpha value is -2.85. The molecule has 2 rings (SSSR count). The van der Waals surface area contributed by atoms with E-state index in [2.05, 4.69) is 10.6 Å². The summed E-state index contributed by atoms with van der Waals surface area (Å²) in [6, 6.07) is 5.61. The molecule has 154 valence electrons. The molecule has 0 aromatic heterocycles. The van der Waals surface area contributed by atoms with Crippen LogP contribution in [0, 0.1) is 0 Å². The van der Waals surface area contributed by atoms with Crippen molar-refractivity contribution < 1.29 is 19.1 Å². The van der Waals surface area contributed by atoms with Gasteiger partial charge in [-0.2, -0.15) is 0 Å². The van der Waals surface area contributed by atoms with Crippen molar-refractivity contribution in [2.45, 2.75) is 31.5 Å². The Labute approximate surface area is 163 Å². The Morgan fingerprint density at radius 2 is 1.71 bits per heavy atom. The third kappa shape index (κ3) is 6.71. The number of anilines is 1. The molecule has 0 aliphatic carbocycles. The smallest absolute Gasteiger partial charge is 0.410 e. The highest BCUT2D eigenvalue weighted by Crippen LogP contribution is 2.14. The van der Waals surface area contributed by atoms with Gasteiger partial charge >= 0.3 is 6.09 Å². The van der Waals surface area contributed by atoms with E-state index < -0.39 is 23.9 Å². The number of carbonyl (C=O) groups is 3. The minimum Gasteiger partial charge on any atom is -0.445 e. The van der Waals surface area contributed by atoms with E-state index >= 15 is 0 Å². The van der Waals surface area contributed by atoms with Crippen LogP contribution in [-0.4, -0.2) is 61.1 Å². The first-order valence-electron chi connectivity index (χ1n) is 9.19. The van der Waals surface area contributed by atoms with Crippen LogP contribution in [0.25, 0.3) is 0 Å². The lowest BCUT2D eigenvalue weighted by molar-refractivity contribution is -0.121. The average Bonchev–Trinajstić information content (AvgIpc) is 2.70. The summed E-state index contributed by atoms with van der Waals surface area (Å²) in [7, 11) is 0. The number of hydrogen-bond donors (Lipinski definition) is 5. The summed E-state index contributed by atoms with van der Waals surface area (Å²) in [6.07, 6.45) is 0.197. The molecule has 10 nitrogen and oxygen atoms in total. The summed E-state index contributed by atoms with van der Waals surface area (Å²) < 4.78 is 5.32. The molecule has 1 heterocycles. The molecule has 0 radical (unpaired) electrons. The molecule has 8 N–H and O–H groups in total. The van der Waals surface area contributed by atoms with E-state index in [4.69, 9.17) is 21.9 Å². The first kappa shape index (κ1) is 21.5. The molecule has 28 heavy (non-hydrogen) atoms. The van der Waals surface area contributed by atoms with E-state index in [9.17, 15) is 14.4 Å². The zero-order valence-electron chi connectivity index (χ0n) is 15.7. The van der Waals surface area contributed by atoms with E-state index in [1.54, 1.807) is 29.2 Å². The van der Waals surface area contributed by atoms with E-state index in [0.29, 0.717) is 18.8 Å². The third-order valence-corrected chi connectivity index (χ3v) is 4.51. The number of nitrogens with zero attached hydrogens (tertiary/aromatic N) is 1. The molecule has 1 saturated heterocycles. The third-order valence-electron chi connectivity index (χ3n) is 4.51. The van der Waals surface area contributed by atoms with E-state index in [0.717, 1.165) is 18.7 Å². The van der Waals surface area contributed by atoms with Crippen LogP contribution in [0.1, 0.15) is 18.4 Å². The van der Waals surface area contributed by atoms with Crippen LogP contribution in [-0.2, 0) is 20.9 Å². The molecular weight excluding hydrogens is 364 g/mol. The number of rotatable bonds is 9. The number of nitrogens with two attached hydrogens (primary N) is 3. The molecular formula is C18H28N6O4. The van der Waals surface area contributed by atoms with Crippen molar-refractivity contribution in [3.63, 3.8) is 0 Å².